The quantitative estimate of drug-likeness (QED) is 0.761. The summed E-state index contributed by atoms with van der Waals surface area (Å²) in [6, 6.07) is 6.34. The highest BCUT2D eigenvalue weighted by atomic mass is 35.5. The number of nitrogens with two attached hydrogens (primary N) is 1. The lowest BCUT2D eigenvalue weighted by Gasteiger charge is -2.26. The minimum Gasteiger partial charge on any atom is -0.350 e. The molecular weight excluding hydrogens is 202 g/mol. The molecule has 0 spiro atoms. The number of anilines is 1. The number of amides is 2. The third-order valence-corrected chi connectivity index (χ3v) is 1.93. The maximum absolute atomic E-state index is 11.1. The second kappa shape index (κ2) is 4.30. The van der Waals surface area contributed by atoms with Crippen molar-refractivity contribution in [1.29, 1.82) is 0 Å². The topological polar surface area (TPSA) is 49.6 Å². The second-order valence-corrected chi connectivity index (χ2v) is 3.41. The van der Waals surface area contributed by atoms with E-state index in [1.54, 1.807) is 43.4 Å². The number of hydrazine groups is 1. The summed E-state index contributed by atoms with van der Waals surface area (Å²) in [6.07, 6.45) is 0. The summed E-state index contributed by atoms with van der Waals surface area (Å²) in [5.41, 5.74) is 5.91. The molecule has 0 atom stereocenters. The van der Waals surface area contributed by atoms with Gasteiger partial charge < -0.3 is 5.73 Å². The SMILES string of the molecule is CN(C)N(C(N)=O)c1ccc(Cl)cc1. The first kappa shape index (κ1) is 10.8. The van der Waals surface area contributed by atoms with E-state index in [9.17, 15) is 4.79 Å². The van der Waals surface area contributed by atoms with Crippen LogP contribution in [0.5, 0.6) is 0 Å². The summed E-state index contributed by atoms with van der Waals surface area (Å²) >= 11 is 5.73. The highest BCUT2D eigenvalue weighted by molar-refractivity contribution is 6.30. The Morgan fingerprint density at radius 1 is 1.29 bits per heavy atom. The lowest BCUT2D eigenvalue weighted by Crippen LogP contribution is -2.45. The molecule has 2 amide bonds. The third kappa shape index (κ3) is 2.37. The molecule has 0 aromatic heterocycles. The summed E-state index contributed by atoms with van der Waals surface area (Å²) in [5.74, 6) is 0. The first-order chi connectivity index (χ1) is 6.52. The summed E-state index contributed by atoms with van der Waals surface area (Å²) in [4.78, 5) is 11.1. The average molecular weight is 214 g/mol. The van der Waals surface area contributed by atoms with Crippen LogP contribution in [0.4, 0.5) is 10.5 Å². The fourth-order valence-corrected chi connectivity index (χ4v) is 1.26. The van der Waals surface area contributed by atoms with E-state index in [2.05, 4.69) is 0 Å². The molecule has 2 N–H and O–H groups in total. The van der Waals surface area contributed by atoms with Gasteiger partial charge in [-0.25, -0.2) is 14.8 Å². The Labute approximate surface area is 87.8 Å². The molecule has 0 fully saturated rings. The molecule has 0 saturated carbocycles. The number of benzene rings is 1. The highest BCUT2D eigenvalue weighted by Gasteiger charge is 2.13. The summed E-state index contributed by atoms with van der Waals surface area (Å²) in [6.45, 7) is 0. The molecule has 14 heavy (non-hydrogen) atoms. The van der Waals surface area contributed by atoms with Gasteiger partial charge in [0.15, 0.2) is 0 Å². The second-order valence-electron chi connectivity index (χ2n) is 2.97. The predicted octanol–water partition coefficient (Wildman–Crippen LogP) is 1.70. The molecule has 0 radical (unpaired) electrons. The predicted molar refractivity (Wildman–Crippen MR) is 57.2 cm³/mol. The zero-order valence-electron chi connectivity index (χ0n) is 8.07. The summed E-state index contributed by atoms with van der Waals surface area (Å²) in [7, 11) is 3.47. The van der Waals surface area contributed by atoms with E-state index in [0.29, 0.717) is 10.7 Å². The van der Waals surface area contributed by atoms with Crippen molar-refractivity contribution in [3.05, 3.63) is 29.3 Å². The Hall–Kier alpha value is -1.26. The normalized spacial score (nSPS) is 10.3. The zero-order valence-corrected chi connectivity index (χ0v) is 8.82. The molecule has 0 saturated heterocycles. The largest absolute Gasteiger partial charge is 0.350 e. The molecular formula is C9H12ClN3O. The molecule has 5 heteroatoms. The Kier molecular flexibility index (Phi) is 3.33. The lowest BCUT2D eigenvalue weighted by molar-refractivity contribution is 0.239. The molecule has 1 aromatic carbocycles. The standard InChI is InChI=1S/C9H12ClN3O/c1-12(2)13(9(11)14)8-5-3-7(10)4-6-8/h3-6H,1-2H3,(H2,11,14). The van der Waals surface area contributed by atoms with Crippen molar-refractivity contribution >= 4 is 23.3 Å². The summed E-state index contributed by atoms with van der Waals surface area (Å²) in [5, 5.41) is 3.57. The van der Waals surface area contributed by atoms with Gasteiger partial charge in [-0.1, -0.05) is 11.6 Å². The highest BCUT2D eigenvalue weighted by Crippen LogP contribution is 2.18. The van der Waals surface area contributed by atoms with Gasteiger partial charge in [-0.2, -0.15) is 0 Å². The van der Waals surface area contributed by atoms with Gasteiger partial charge in [0.1, 0.15) is 0 Å². The maximum Gasteiger partial charge on any atom is 0.334 e. The van der Waals surface area contributed by atoms with E-state index in [0.717, 1.165) is 0 Å². The molecule has 76 valence electrons. The van der Waals surface area contributed by atoms with Gasteiger partial charge in [-0.15, -0.1) is 0 Å². The molecule has 0 aliphatic carbocycles. The van der Waals surface area contributed by atoms with Crippen molar-refractivity contribution in [1.82, 2.24) is 5.01 Å². The monoisotopic (exact) mass is 213 g/mol. The van der Waals surface area contributed by atoms with Gasteiger partial charge in [-0.05, 0) is 24.3 Å². The first-order valence-corrected chi connectivity index (χ1v) is 4.42. The van der Waals surface area contributed by atoms with Gasteiger partial charge in [0.25, 0.3) is 0 Å². The molecule has 0 aliphatic heterocycles. The minimum absolute atomic E-state index is 0.530. The average Bonchev–Trinajstić information content (AvgIpc) is 2.07. The van der Waals surface area contributed by atoms with Crippen LogP contribution >= 0.6 is 11.6 Å². The van der Waals surface area contributed by atoms with E-state index < -0.39 is 6.03 Å². The van der Waals surface area contributed by atoms with Crippen molar-refractivity contribution in [2.24, 2.45) is 5.73 Å². The van der Waals surface area contributed by atoms with Crippen LogP contribution in [0.3, 0.4) is 0 Å². The molecule has 0 bridgehead atoms. The summed E-state index contributed by atoms with van der Waals surface area (Å²) < 4.78 is 0. The molecule has 1 aromatic rings. The number of primary amides is 1. The Morgan fingerprint density at radius 3 is 2.14 bits per heavy atom. The fourth-order valence-electron chi connectivity index (χ4n) is 1.14. The Bertz CT molecular complexity index is 323. The van der Waals surface area contributed by atoms with Crippen LogP contribution in [0.25, 0.3) is 0 Å². The molecule has 0 heterocycles. The molecule has 0 unspecified atom stereocenters. The minimum atomic E-state index is -0.530. The van der Waals surface area contributed by atoms with E-state index >= 15 is 0 Å². The third-order valence-electron chi connectivity index (χ3n) is 1.68. The molecule has 1 rings (SSSR count). The van der Waals surface area contributed by atoms with E-state index in [-0.39, 0.29) is 0 Å². The van der Waals surface area contributed by atoms with Crippen LogP contribution in [0.2, 0.25) is 5.02 Å². The lowest BCUT2D eigenvalue weighted by atomic mass is 10.3. The van der Waals surface area contributed by atoms with Crippen LogP contribution in [0.15, 0.2) is 24.3 Å². The number of rotatable bonds is 2. The van der Waals surface area contributed by atoms with E-state index in [1.807, 2.05) is 0 Å². The van der Waals surface area contributed by atoms with Gasteiger partial charge in [0, 0.05) is 19.1 Å². The van der Waals surface area contributed by atoms with Gasteiger partial charge >= 0.3 is 6.03 Å². The number of carbonyl (C=O) groups excluding carboxylic acids is 1. The first-order valence-electron chi connectivity index (χ1n) is 4.04. The number of hydrogen-bond donors (Lipinski definition) is 1. The zero-order chi connectivity index (χ0) is 10.7. The number of nitrogens with zero attached hydrogens (tertiary/aromatic N) is 2. The molecule has 4 nitrogen and oxygen atoms in total. The van der Waals surface area contributed by atoms with Gasteiger partial charge in [0.2, 0.25) is 0 Å². The number of hydrogen-bond acceptors (Lipinski definition) is 2. The molecule has 0 aliphatic rings. The fraction of sp³-hybridized carbons (Fsp3) is 0.222. The Morgan fingerprint density at radius 2 is 1.79 bits per heavy atom. The van der Waals surface area contributed by atoms with Gasteiger partial charge in [-0.3, -0.25) is 0 Å². The van der Waals surface area contributed by atoms with E-state index in [4.69, 9.17) is 17.3 Å². The number of halogens is 1. The van der Waals surface area contributed by atoms with Gasteiger partial charge in [0.05, 0.1) is 5.69 Å². The number of urea groups is 1. The van der Waals surface area contributed by atoms with Crippen LogP contribution in [-0.4, -0.2) is 25.1 Å². The smallest absolute Gasteiger partial charge is 0.334 e. The van der Waals surface area contributed by atoms with Crippen molar-refractivity contribution in [2.45, 2.75) is 0 Å². The van der Waals surface area contributed by atoms with Crippen molar-refractivity contribution in [2.75, 3.05) is 19.1 Å². The van der Waals surface area contributed by atoms with Crippen molar-refractivity contribution in [3.63, 3.8) is 0 Å². The maximum atomic E-state index is 11.1. The van der Waals surface area contributed by atoms with Crippen molar-refractivity contribution in [3.8, 4) is 0 Å². The van der Waals surface area contributed by atoms with Crippen LogP contribution in [-0.2, 0) is 0 Å². The number of carbonyl (C=O) groups is 1. The Balaban J connectivity index is 3.00. The van der Waals surface area contributed by atoms with E-state index in [1.165, 1.54) is 5.01 Å². The van der Waals surface area contributed by atoms with Crippen molar-refractivity contribution < 1.29 is 4.79 Å². The van der Waals surface area contributed by atoms with Crippen LogP contribution in [0.1, 0.15) is 0 Å². The van der Waals surface area contributed by atoms with Crippen LogP contribution < -0.4 is 10.7 Å². The van der Waals surface area contributed by atoms with Crippen LogP contribution in [0, 0.1) is 0 Å².